The Kier molecular flexibility index (Phi) is 10.2. The second-order valence-electron chi connectivity index (χ2n) is 7.27. The molecule has 1 aliphatic rings. The van der Waals surface area contributed by atoms with Crippen molar-refractivity contribution < 1.29 is 29.3 Å². The van der Waals surface area contributed by atoms with Crippen LogP contribution < -0.4 is 9.47 Å². The van der Waals surface area contributed by atoms with Gasteiger partial charge in [-0.25, -0.2) is 9.59 Å². The average molecular weight is 443 g/mol. The molecule has 32 heavy (non-hydrogen) atoms. The largest absolute Gasteiger partial charge is 0.493 e. The molecular formula is C24H30N2O6. The van der Waals surface area contributed by atoms with Gasteiger partial charge in [0.1, 0.15) is 6.61 Å². The van der Waals surface area contributed by atoms with Gasteiger partial charge in [0.2, 0.25) is 0 Å². The van der Waals surface area contributed by atoms with Gasteiger partial charge in [0, 0.05) is 25.0 Å². The van der Waals surface area contributed by atoms with Gasteiger partial charge in [0.15, 0.2) is 11.5 Å². The Bertz CT molecular complexity index is 875. The van der Waals surface area contributed by atoms with Crippen molar-refractivity contribution in [1.82, 2.24) is 9.88 Å². The lowest BCUT2D eigenvalue weighted by Crippen LogP contribution is -2.36. The summed E-state index contributed by atoms with van der Waals surface area (Å²) >= 11 is 0. The van der Waals surface area contributed by atoms with Gasteiger partial charge in [-0.05, 0) is 55.1 Å². The molecule has 0 radical (unpaired) electrons. The normalized spacial score (nSPS) is 15.7. The minimum atomic E-state index is -1.82. The first-order valence-corrected chi connectivity index (χ1v) is 10.5. The fourth-order valence-corrected chi connectivity index (χ4v) is 3.61. The highest BCUT2D eigenvalue weighted by atomic mass is 16.5. The van der Waals surface area contributed by atoms with Crippen LogP contribution in [0.2, 0.25) is 0 Å². The number of allylic oxidation sites excluding steroid dienone is 1. The first-order valence-electron chi connectivity index (χ1n) is 10.5. The lowest BCUT2D eigenvalue weighted by Gasteiger charge is -2.35. The summed E-state index contributed by atoms with van der Waals surface area (Å²) in [7, 11) is 1.68. The van der Waals surface area contributed by atoms with E-state index in [9.17, 15) is 0 Å². The van der Waals surface area contributed by atoms with Crippen molar-refractivity contribution in [3.8, 4) is 11.5 Å². The maximum absolute atomic E-state index is 9.10. The first-order chi connectivity index (χ1) is 15.5. The van der Waals surface area contributed by atoms with E-state index < -0.39 is 11.9 Å². The predicted octanol–water partition coefficient (Wildman–Crippen LogP) is 3.58. The third-order valence-electron chi connectivity index (χ3n) is 5.11. The van der Waals surface area contributed by atoms with Crippen LogP contribution in [0.3, 0.4) is 0 Å². The summed E-state index contributed by atoms with van der Waals surface area (Å²) in [6.07, 6.45) is 10.3. The van der Waals surface area contributed by atoms with Crippen molar-refractivity contribution in [3.05, 3.63) is 66.5 Å². The Labute approximate surface area is 188 Å². The number of carboxylic acids is 2. The SMILES string of the molecule is C=CCc1ccc(OCCN2CCCCC2c2cccnc2)c(OC)c1.O=C(O)C(=O)O. The first kappa shape index (κ1) is 24.9. The summed E-state index contributed by atoms with van der Waals surface area (Å²) in [5.74, 6) is -2.06. The number of aromatic nitrogens is 1. The number of piperidine rings is 1. The molecule has 2 N–H and O–H groups in total. The molecule has 0 saturated carbocycles. The predicted molar refractivity (Wildman–Crippen MR) is 120 cm³/mol. The zero-order valence-electron chi connectivity index (χ0n) is 18.3. The second-order valence-corrected chi connectivity index (χ2v) is 7.27. The van der Waals surface area contributed by atoms with E-state index in [1.165, 1.54) is 30.4 Å². The molecule has 1 aliphatic heterocycles. The van der Waals surface area contributed by atoms with Crippen molar-refractivity contribution in [2.24, 2.45) is 0 Å². The van der Waals surface area contributed by atoms with Gasteiger partial charge in [-0.1, -0.05) is 24.6 Å². The molecule has 0 spiro atoms. The van der Waals surface area contributed by atoms with E-state index in [-0.39, 0.29) is 0 Å². The number of aliphatic carboxylic acids is 2. The Balaban J connectivity index is 0.000000534. The zero-order chi connectivity index (χ0) is 23.3. The van der Waals surface area contributed by atoms with Crippen molar-refractivity contribution in [3.63, 3.8) is 0 Å². The van der Waals surface area contributed by atoms with Crippen LogP contribution >= 0.6 is 0 Å². The van der Waals surface area contributed by atoms with E-state index in [2.05, 4.69) is 28.6 Å². The van der Waals surface area contributed by atoms with Crippen LogP contribution in [0, 0.1) is 0 Å². The van der Waals surface area contributed by atoms with Gasteiger partial charge in [-0.15, -0.1) is 6.58 Å². The summed E-state index contributed by atoms with van der Waals surface area (Å²) in [5.41, 5.74) is 2.48. The lowest BCUT2D eigenvalue weighted by molar-refractivity contribution is -0.159. The summed E-state index contributed by atoms with van der Waals surface area (Å²) in [6, 6.07) is 10.7. The third kappa shape index (κ3) is 7.70. The number of methoxy groups -OCH3 is 1. The van der Waals surface area contributed by atoms with E-state index >= 15 is 0 Å². The van der Waals surface area contributed by atoms with Crippen LogP contribution in [0.15, 0.2) is 55.4 Å². The van der Waals surface area contributed by atoms with E-state index in [0.717, 1.165) is 31.0 Å². The molecule has 1 atom stereocenters. The highest BCUT2D eigenvalue weighted by molar-refractivity contribution is 6.27. The van der Waals surface area contributed by atoms with Gasteiger partial charge in [-0.3, -0.25) is 9.88 Å². The number of benzene rings is 1. The standard InChI is InChI=1S/C22H28N2O2.C2H2O4/c1-3-7-18-10-11-21(22(16-18)25-2)26-15-14-24-13-5-4-9-20(24)19-8-6-12-23-17-19;3-1(4)2(5)6/h3,6,8,10-12,16-17,20H,1,4-5,7,9,13-15H2,2H3;(H,3,4)(H,5,6). The van der Waals surface area contributed by atoms with Crippen LogP contribution in [0.1, 0.15) is 36.4 Å². The molecule has 8 nitrogen and oxygen atoms in total. The molecule has 0 aliphatic carbocycles. The minimum absolute atomic E-state index is 0.443. The highest BCUT2D eigenvalue weighted by Gasteiger charge is 2.23. The zero-order valence-corrected chi connectivity index (χ0v) is 18.3. The summed E-state index contributed by atoms with van der Waals surface area (Å²) in [6.45, 7) is 6.44. The molecule has 8 heteroatoms. The number of carbonyl (C=O) groups is 2. The topological polar surface area (TPSA) is 109 Å². The highest BCUT2D eigenvalue weighted by Crippen LogP contribution is 2.31. The number of likely N-dealkylation sites (tertiary alicyclic amines) is 1. The van der Waals surface area contributed by atoms with E-state index in [1.54, 1.807) is 7.11 Å². The number of hydrogen-bond donors (Lipinski definition) is 2. The van der Waals surface area contributed by atoms with E-state index in [4.69, 9.17) is 29.3 Å². The summed E-state index contributed by atoms with van der Waals surface area (Å²) < 4.78 is 11.5. The Morgan fingerprint density at radius 2 is 2.00 bits per heavy atom. The smallest absolute Gasteiger partial charge is 0.414 e. The number of rotatable bonds is 8. The number of nitrogens with zero attached hydrogens (tertiary/aromatic N) is 2. The van der Waals surface area contributed by atoms with E-state index in [0.29, 0.717) is 12.6 Å². The van der Waals surface area contributed by atoms with Crippen molar-refractivity contribution in [2.75, 3.05) is 26.8 Å². The molecule has 1 fully saturated rings. The minimum Gasteiger partial charge on any atom is -0.493 e. The van der Waals surface area contributed by atoms with E-state index in [1.807, 2.05) is 36.7 Å². The van der Waals surface area contributed by atoms with Gasteiger partial charge in [-0.2, -0.15) is 0 Å². The van der Waals surface area contributed by atoms with Crippen LogP contribution in [-0.4, -0.2) is 58.8 Å². The maximum Gasteiger partial charge on any atom is 0.414 e. The molecule has 2 aromatic rings. The number of ether oxygens (including phenoxy) is 2. The van der Waals surface area contributed by atoms with Crippen LogP contribution in [-0.2, 0) is 16.0 Å². The molecule has 1 unspecified atom stereocenters. The molecule has 0 bridgehead atoms. The molecule has 1 aromatic carbocycles. The fraction of sp³-hybridized carbons (Fsp3) is 0.375. The second kappa shape index (κ2) is 13.1. The van der Waals surface area contributed by atoms with Gasteiger partial charge < -0.3 is 19.7 Å². The quantitative estimate of drug-likeness (QED) is 0.472. The molecular weight excluding hydrogens is 412 g/mol. The fourth-order valence-electron chi connectivity index (χ4n) is 3.61. The number of hydrogen-bond acceptors (Lipinski definition) is 6. The maximum atomic E-state index is 9.10. The molecule has 1 aromatic heterocycles. The molecule has 2 heterocycles. The molecule has 3 rings (SSSR count). The average Bonchev–Trinajstić information content (AvgIpc) is 2.81. The van der Waals surface area contributed by atoms with Crippen LogP contribution in [0.25, 0.3) is 0 Å². The molecule has 1 saturated heterocycles. The van der Waals surface area contributed by atoms with Crippen molar-refractivity contribution in [2.45, 2.75) is 31.7 Å². The Morgan fingerprint density at radius 3 is 2.62 bits per heavy atom. The van der Waals surface area contributed by atoms with Crippen LogP contribution in [0.4, 0.5) is 0 Å². The Hall–Kier alpha value is -3.39. The third-order valence-corrected chi connectivity index (χ3v) is 5.11. The monoisotopic (exact) mass is 442 g/mol. The summed E-state index contributed by atoms with van der Waals surface area (Å²) in [5, 5.41) is 14.8. The number of pyridine rings is 1. The molecule has 0 amide bonds. The number of carboxylic acid groups (broad SMARTS) is 2. The van der Waals surface area contributed by atoms with Crippen molar-refractivity contribution >= 4 is 11.9 Å². The molecule has 172 valence electrons. The van der Waals surface area contributed by atoms with Crippen molar-refractivity contribution in [1.29, 1.82) is 0 Å². The van der Waals surface area contributed by atoms with Gasteiger partial charge >= 0.3 is 11.9 Å². The van der Waals surface area contributed by atoms with Gasteiger partial charge in [0.05, 0.1) is 7.11 Å². The van der Waals surface area contributed by atoms with Crippen LogP contribution in [0.5, 0.6) is 11.5 Å². The van der Waals surface area contributed by atoms with Gasteiger partial charge in [0.25, 0.3) is 0 Å². The Morgan fingerprint density at radius 1 is 1.22 bits per heavy atom. The lowest BCUT2D eigenvalue weighted by atomic mass is 9.96. The summed E-state index contributed by atoms with van der Waals surface area (Å²) in [4.78, 5) is 25.0.